The Labute approximate surface area is 83.3 Å². The number of hydrogen-bond acceptors (Lipinski definition) is 3. The minimum absolute atomic E-state index is 0.529. The average molecular weight is 192 g/mol. The fourth-order valence-electron chi connectivity index (χ4n) is 1.07. The molecule has 1 rings (SSSR count). The molecule has 0 aliphatic rings. The first-order valence-corrected chi connectivity index (χ1v) is 4.43. The molecule has 0 aliphatic heterocycles. The van der Waals surface area contributed by atoms with Crippen LogP contribution >= 0.6 is 0 Å². The van der Waals surface area contributed by atoms with Crippen molar-refractivity contribution in [2.24, 2.45) is 4.99 Å². The summed E-state index contributed by atoms with van der Waals surface area (Å²) in [6.07, 6.45) is 5.49. The van der Waals surface area contributed by atoms with Crippen LogP contribution in [0.4, 0.5) is 0 Å². The Morgan fingerprint density at radius 1 is 1.86 bits per heavy atom. The zero-order valence-electron chi connectivity index (χ0n) is 8.05. The van der Waals surface area contributed by atoms with Crippen LogP contribution in [0.5, 0.6) is 0 Å². The van der Waals surface area contributed by atoms with Crippen LogP contribution in [-0.2, 0) is 11.1 Å². The zero-order chi connectivity index (χ0) is 10.4. The third-order valence-electron chi connectivity index (χ3n) is 1.81. The van der Waals surface area contributed by atoms with Gasteiger partial charge in [0.05, 0.1) is 0 Å². The molecule has 0 saturated carbocycles. The van der Waals surface area contributed by atoms with Gasteiger partial charge in [-0.1, -0.05) is 0 Å². The summed E-state index contributed by atoms with van der Waals surface area (Å²) in [6.45, 7) is 2.25. The molecule has 0 bridgehead atoms. The second-order valence-corrected chi connectivity index (χ2v) is 2.95. The summed E-state index contributed by atoms with van der Waals surface area (Å²) in [7, 11) is 0.128. The summed E-state index contributed by atoms with van der Waals surface area (Å²) in [4.78, 5) is 6.86. The Kier molecular flexibility index (Phi) is 4.25. The molecule has 0 aromatic carbocycles. The van der Waals surface area contributed by atoms with Crippen LogP contribution < -0.4 is 4.48 Å². The monoisotopic (exact) mass is 192 g/mol. The van der Waals surface area contributed by atoms with Crippen molar-refractivity contribution < 1.29 is 14.2 Å². The van der Waals surface area contributed by atoms with Crippen molar-refractivity contribution >= 4 is 20.3 Å². The Hall–Kier alpha value is -1.23. The van der Waals surface area contributed by atoms with Crippen LogP contribution in [0, 0.1) is 0 Å². The van der Waals surface area contributed by atoms with Gasteiger partial charge in [0, 0.05) is 0 Å². The van der Waals surface area contributed by atoms with Crippen LogP contribution in [0.3, 0.4) is 0 Å². The van der Waals surface area contributed by atoms with Crippen LogP contribution in [-0.4, -0.2) is 36.9 Å². The van der Waals surface area contributed by atoms with E-state index in [1.54, 1.807) is 17.6 Å². The van der Waals surface area contributed by atoms with Gasteiger partial charge < -0.3 is 0 Å². The molecule has 0 spiro atoms. The Balaban J connectivity index is 2.43. The summed E-state index contributed by atoms with van der Waals surface area (Å²) in [5.41, 5.74) is 0.981. The van der Waals surface area contributed by atoms with Crippen LogP contribution in [0.25, 0.3) is 0 Å². The van der Waals surface area contributed by atoms with E-state index < -0.39 is 7.05 Å². The molecule has 14 heavy (non-hydrogen) atoms. The third-order valence-corrected chi connectivity index (χ3v) is 1.81. The maximum atomic E-state index is 9.92. The fourth-order valence-corrected chi connectivity index (χ4v) is 1.07. The number of aromatic amines is 1. The number of aliphatic imine (C=N–C) groups is 1. The van der Waals surface area contributed by atoms with E-state index in [0.717, 1.165) is 12.1 Å². The molecular formula is C7H12B2N3O2+. The van der Waals surface area contributed by atoms with E-state index in [0.29, 0.717) is 13.7 Å². The van der Waals surface area contributed by atoms with Crippen molar-refractivity contribution in [3.05, 3.63) is 18.2 Å². The van der Waals surface area contributed by atoms with Gasteiger partial charge in [0.25, 0.3) is 0 Å². The van der Waals surface area contributed by atoms with Crippen molar-refractivity contribution in [2.75, 3.05) is 6.54 Å². The number of H-pyrrole nitrogens is 1. The fraction of sp³-hybridized carbons (Fsp3) is 0.429. The number of aromatic nitrogens is 2. The second-order valence-electron chi connectivity index (χ2n) is 2.95. The standard InChI is InChI=1S/C7H11B2N3O2/c1-9(14)12-4-7(11-6-12)2-3-10-5-8-13/h4-6,14H,2-3H2,1H3/p+1. The quantitative estimate of drug-likeness (QED) is 0.458. The van der Waals surface area contributed by atoms with Gasteiger partial charge in [0.2, 0.25) is 0 Å². The minimum atomic E-state index is -0.529. The summed E-state index contributed by atoms with van der Waals surface area (Å²) in [5.74, 6) is 0. The molecule has 0 saturated heterocycles. The van der Waals surface area contributed by atoms with E-state index in [1.807, 2.05) is 6.20 Å². The van der Waals surface area contributed by atoms with E-state index in [9.17, 15) is 9.73 Å². The maximum absolute atomic E-state index is 9.92. The Morgan fingerprint density at radius 3 is 3.21 bits per heavy atom. The summed E-state index contributed by atoms with van der Waals surface area (Å²) in [6, 6.07) is 0. The molecule has 7 heteroatoms. The first kappa shape index (κ1) is 10.8. The number of imidazole rings is 1. The second kappa shape index (κ2) is 5.49. The van der Waals surface area contributed by atoms with Crippen molar-refractivity contribution in [1.29, 1.82) is 0 Å². The van der Waals surface area contributed by atoms with Gasteiger partial charge in [-0.3, -0.25) is 0 Å². The first-order chi connectivity index (χ1) is 6.74. The van der Waals surface area contributed by atoms with E-state index in [2.05, 4.69) is 9.98 Å². The average Bonchev–Trinajstić information content (AvgIpc) is 2.61. The summed E-state index contributed by atoms with van der Waals surface area (Å²) >= 11 is 0. The number of nitrogens with zero attached hydrogens (tertiary/aromatic N) is 2. The third kappa shape index (κ3) is 3.26. The molecule has 5 nitrogen and oxygen atoms in total. The van der Waals surface area contributed by atoms with Gasteiger partial charge in [-0.2, -0.15) is 0 Å². The molecule has 72 valence electrons. The van der Waals surface area contributed by atoms with Gasteiger partial charge in [0.15, 0.2) is 0 Å². The van der Waals surface area contributed by atoms with Crippen molar-refractivity contribution in [3.8, 4) is 0 Å². The molecule has 0 amide bonds. The molecule has 1 heterocycles. The molecule has 0 atom stereocenters. The normalized spacial score (nSPS) is 10.4. The topological polar surface area (TPSA) is 69.3 Å². The van der Waals surface area contributed by atoms with Crippen molar-refractivity contribution in [2.45, 2.75) is 13.2 Å². The van der Waals surface area contributed by atoms with E-state index in [4.69, 9.17) is 0 Å². The Morgan fingerprint density at radius 2 is 2.64 bits per heavy atom. The first-order valence-electron chi connectivity index (χ1n) is 4.43. The van der Waals surface area contributed by atoms with Gasteiger partial charge in [-0.05, 0) is 0 Å². The molecule has 0 fully saturated rings. The molecule has 1 aromatic rings. The summed E-state index contributed by atoms with van der Waals surface area (Å²) in [5, 5.41) is 9.21. The molecule has 0 radical (unpaired) electrons. The van der Waals surface area contributed by atoms with Gasteiger partial charge in [-0.15, -0.1) is 0 Å². The molecular weight excluding hydrogens is 180 g/mol. The van der Waals surface area contributed by atoms with Crippen LogP contribution in [0.2, 0.25) is 6.82 Å². The predicted octanol–water partition coefficient (Wildman–Crippen LogP) is -1.12. The van der Waals surface area contributed by atoms with Gasteiger partial charge in [-0.25, -0.2) is 0 Å². The molecule has 2 N–H and O–H groups in total. The molecule has 1 aromatic heterocycles. The summed E-state index contributed by atoms with van der Waals surface area (Å²) < 4.78 is 11.6. The van der Waals surface area contributed by atoms with E-state index in [1.165, 1.54) is 6.11 Å². The van der Waals surface area contributed by atoms with Crippen molar-refractivity contribution in [1.82, 2.24) is 4.98 Å². The van der Waals surface area contributed by atoms with Crippen LogP contribution in [0.15, 0.2) is 17.5 Å². The molecule has 0 unspecified atom stereocenters. The van der Waals surface area contributed by atoms with Crippen molar-refractivity contribution in [3.63, 3.8) is 0 Å². The van der Waals surface area contributed by atoms with E-state index in [-0.39, 0.29) is 0 Å². The zero-order valence-corrected chi connectivity index (χ0v) is 8.05. The van der Waals surface area contributed by atoms with Gasteiger partial charge >= 0.3 is 82.5 Å². The molecule has 0 aliphatic carbocycles. The predicted molar refractivity (Wildman–Crippen MR) is 53.7 cm³/mol. The number of rotatable bonds is 5. The SMILES string of the molecule is CB(O)[n+]1c[nH]c(CCN=CB=O)c1. The van der Waals surface area contributed by atoms with Gasteiger partial charge in [0.1, 0.15) is 0 Å². The van der Waals surface area contributed by atoms with E-state index >= 15 is 0 Å². The number of nitrogens with one attached hydrogen (secondary N) is 1. The number of hydrogen-bond donors (Lipinski definition) is 2. The Bertz CT molecular complexity index is 324. The van der Waals surface area contributed by atoms with Crippen LogP contribution in [0.1, 0.15) is 5.69 Å².